The van der Waals surface area contributed by atoms with E-state index in [9.17, 15) is 5.11 Å². The predicted octanol–water partition coefficient (Wildman–Crippen LogP) is 2.68. The summed E-state index contributed by atoms with van der Waals surface area (Å²) in [5, 5.41) is 14.1. The van der Waals surface area contributed by atoms with Gasteiger partial charge in [0.05, 0.1) is 6.10 Å². The van der Waals surface area contributed by atoms with Gasteiger partial charge in [0.2, 0.25) is 0 Å². The zero-order valence-electron chi connectivity index (χ0n) is 10.8. The lowest BCUT2D eigenvalue weighted by Crippen LogP contribution is -2.11. The Morgan fingerprint density at radius 2 is 2.18 bits per heavy atom. The van der Waals surface area contributed by atoms with Gasteiger partial charge in [-0.3, -0.25) is 4.68 Å². The molecule has 1 aliphatic rings. The number of aliphatic hydroxyl groups excluding tert-OH is 1. The monoisotopic (exact) mass is 236 g/mol. The Balaban J connectivity index is 1.63. The maximum Gasteiger partial charge on any atom is 0.0544 e. The van der Waals surface area contributed by atoms with Crippen LogP contribution in [0, 0.1) is 5.92 Å². The molecule has 0 aliphatic heterocycles. The van der Waals surface area contributed by atoms with Crippen LogP contribution in [0.25, 0.3) is 0 Å². The third-order valence-corrected chi connectivity index (χ3v) is 4.04. The third-order valence-electron chi connectivity index (χ3n) is 4.04. The lowest BCUT2D eigenvalue weighted by molar-refractivity contribution is 0.145. The van der Waals surface area contributed by atoms with Crippen molar-refractivity contribution in [3.63, 3.8) is 0 Å². The molecular formula is C14H24N2O. The summed E-state index contributed by atoms with van der Waals surface area (Å²) in [6.07, 6.45) is 11.2. The van der Waals surface area contributed by atoms with Crippen LogP contribution in [-0.4, -0.2) is 21.0 Å². The molecule has 0 saturated heterocycles. The van der Waals surface area contributed by atoms with Crippen molar-refractivity contribution in [1.29, 1.82) is 0 Å². The quantitative estimate of drug-likeness (QED) is 0.824. The van der Waals surface area contributed by atoms with Crippen LogP contribution >= 0.6 is 0 Å². The van der Waals surface area contributed by atoms with E-state index in [1.165, 1.54) is 37.8 Å². The van der Waals surface area contributed by atoms with Gasteiger partial charge in [0.15, 0.2) is 0 Å². The van der Waals surface area contributed by atoms with Gasteiger partial charge in [-0.1, -0.05) is 25.7 Å². The van der Waals surface area contributed by atoms with Gasteiger partial charge in [-0.05, 0) is 37.7 Å². The summed E-state index contributed by atoms with van der Waals surface area (Å²) in [6.45, 7) is 0. The first-order chi connectivity index (χ1) is 8.25. The van der Waals surface area contributed by atoms with Crippen molar-refractivity contribution in [1.82, 2.24) is 9.78 Å². The third kappa shape index (κ3) is 3.84. The van der Waals surface area contributed by atoms with Crippen LogP contribution in [0.2, 0.25) is 0 Å². The highest BCUT2D eigenvalue weighted by atomic mass is 16.3. The number of hydrogen-bond acceptors (Lipinski definition) is 2. The standard InChI is InChI=1S/C14H24N2O/c1-16-13(10-11-15-16)7-9-14(17)8-6-12-4-2-3-5-12/h10-12,14,17H,2-9H2,1H3. The molecule has 3 heteroatoms. The predicted molar refractivity (Wildman–Crippen MR) is 68.7 cm³/mol. The van der Waals surface area contributed by atoms with Crippen molar-refractivity contribution < 1.29 is 5.11 Å². The highest BCUT2D eigenvalue weighted by molar-refractivity contribution is 5.00. The maximum absolute atomic E-state index is 9.97. The topological polar surface area (TPSA) is 38.0 Å². The van der Waals surface area contributed by atoms with E-state index < -0.39 is 0 Å². The van der Waals surface area contributed by atoms with E-state index in [2.05, 4.69) is 5.10 Å². The van der Waals surface area contributed by atoms with Gasteiger partial charge in [0, 0.05) is 18.9 Å². The summed E-state index contributed by atoms with van der Waals surface area (Å²) >= 11 is 0. The Hall–Kier alpha value is -0.830. The number of aliphatic hydroxyl groups is 1. The van der Waals surface area contributed by atoms with Crippen molar-refractivity contribution in [2.75, 3.05) is 0 Å². The highest BCUT2D eigenvalue weighted by Gasteiger charge is 2.16. The summed E-state index contributed by atoms with van der Waals surface area (Å²) in [6, 6.07) is 2.03. The number of rotatable bonds is 6. The molecule has 1 aromatic rings. The van der Waals surface area contributed by atoms with E-state index in [4.69, 9.17) is 0 Å². The summed E-state index contributed by atoms with van der Waals surface area (Å²) < 4.78 is 1.89. The Morgan fingerprint density at radius 3 is 2.82 bits per heavy atom. The van der Waals surface area contributed by atoms with Gasteiger partial charge in [-0.15, -0.1) is 0 Å². The molecule has 1 aromatic heterocycles. The van der Waals surface area contributed by atoms with Crippen LogP contribution in [0.4, 0.5) is 0 Å². The van der Waals surface area contributed by atoms with Gasteiger partial charge in [-0.2, -0.15) is 5.10 Å². The Morgan fingerprint density at radius 1 is 1.41 bits per heavy atom. The van der Waals surface area contributed by atoms with Crippen molar-refractivity contribution in [2.45, 2.75) is 57.5 Å². The van der Waals surface area contributed by atoms with Gasteiger partial charge >= 0.3 is 0 Å². The molecule has 3 nitrogen and oxygen atoms in total. The molecule has 0 radical (unpaired) electrons. The molecule has 0 spiro atoms. The van der Waals surface area contributed by atoms with Crippen molar-refractivity contribution >= 4 is 0 Å². The van der Waals surface area contributed by atoms with Crippen LogP contribution in [0.15, 0.2) is 12.3 Å². The first-order valence-electron chi connectivity index (χ1n) is 6.90. The Labute approximate surface area is 104 Å². The molecule has 1 aliphatic carbocycles. The SMILES string of the molecule is Cn1nccc1CCC(O)CCC1CCCC1. The second-order valence-electron chi connectivity index (χ2n) is 5.37. The van der Waals surface area contributed by atoms with Crippen molar-refractivity contribution in [3.8, 4) is 0 Å². The minimum absolute atomic E-state index is 0.134. The first-order valence-corrected chi connectivity index (χ1v) is 6.90. The molecule has 1 saturated carbocycles. The average molecular weight is 236 g/mol. The maximum atomic E-state index is 9.97. The lowest BCUT2D eigenvalue weighted by Gasteiger charge is -2.13. The largest absolute Gasteiger partial charge is 0.393 e. The number of nitrogens with zero attached hydrogens (tertiary/aromatic N) is 2. The molecule has 17 heavy (non-hydrogen) atoms. The minimum Gasteiger partial charge on any atom is -0.393 e. The molecule has 1 N–H and O–H groups in total. The molecule has 2 rings (SSSR count). The zero-order chi connectivity index (χ0) is 12.1. The van der Waals surface area contributed by atoms with Gasteiger partial charge in [0.1, 0.15) is 0 Å². The molecular weight excluding hydrogens is 212 g/mol. The number of aryl methyl sites for hydroxylation is 2. The van der Waals surface area contributed by atoms with Crippen LogP contribution in [0.5, 0.6) is 0 Å². The second kappa shape index (κ2) is 6.20. The second-order valence-corrected chi connectivity index (χ2v) is 5.37. The smallest absolute Gasteiger partial charge is 0.0544 e. The normalized spacial score (nSPS) is 18.7. The number of aromatic nitrogens is 2. The summed E-state index contributed by atoms with van der Waals surface area (Å²) in [5.74, 6) is 0.890. The molecule has 1 fully saturated rings. The average Bonchev–Trinajstić information content (AvgIpc) is 2.95. The zero-order valence-corrected chi connectivity index (χ0v) is 10.8. The van der Waals surface area contributed by atoms with Crippen molar-refractivity contribution in [3.05, 3.63) is 18.0 Å². The fourth-order valence-electron chi connectivity index (χ4n) is 2.83. The molecule has 96 valence electrons. The number of hydrogen-bond donors (Lipinski definition) is 1. The first kappa shape index (κ1) is 12.6. The molecule has 0 amide bonds. The molecule has 1 unspecified atom stereocenters. The Bertz CT molecular complexity index is 329. The summed E-state index contributed by atoms with van der Waals surface area (Å²) in [5.41, 5.74) is 1.21. The summed E-state index contributed by atoms with van der Waals surface area (Å²) in [7, 11) is 1.96. The van der Waals surface area contributed by atoms with E-state index in [0.717, 1.165) is 25.2 Å². The minimum atomic E-state index is -0.134. The lowest BCUT2D eigenvalue weighted by atomic mass is 9.97. The summed E-state index contributed by atoms with van der Waals surface area (Å²) in [4.78, 5) is 0. The van der Waals surface area contributed by atoms with E-state index in [-0.39, 0.29) is 6.10 Å². The van der Waals surface area contributed by atoms with Gasteiger partial charge in [-0.25, -0.2) is 0 Å². The van der Waals surface area contributed by atoms with E-state index in [1.54, 1.807) is 0 Å². The fraction of sp³-hybridized carbons (Fsp3) is 0.786. The van der Waals surface area contributed by atoms with Crippen molar-refractivity contribution in [2.24, 2.45) is 13.0 Å². The molecule has 1 heterocycles. The van der Waals surface area contributed by atoms with Crippen LogP contribution in [0.1, 0.15) is 50.6 Å². The van der Waals surface area contributed by atoms with Gasteiger partial charge < -0.3 is 5.11 Å². The van der Waals surface area contributed by atoms with Crippen LogP contribution in [-0.2, 0) is 13.5 Å². The Kier molecular flexibility index (Phi) is 4.60. The molecule has 0 aromatic carbocycles. The van der Waals surface area contributed by atoms with Crippen LogP contribution < -0.4 is 0 Å². The molecule has 1 atom stereocenters. The van der Waals surface area contributed by atoms with Gasteiger partial charge in [0.25, 0.3) is 0 Å². The fourth-order valence-corrected chi connectivity index (χ4v) is 2.83. The van der Waals surface area contributed by atoms with E-state index >= 15 is 0 Å². The highest BCUT2D eigenvalue weighted by Crippen LogP contribution is 2.29. The molecule has 0 bridgehead atoms. The van der Waals surface area contributed by atoms with E-state index in [0.29, 0.717) is 0 Å². The van der Waals surface area contributed by atoms with Crippen LogP contribution in [0.3, 0.4) is 0 Å². The van der Waals surface area contributed by atoms with E-state index in [1.807, 2.05) is 24.0 Å².